The van der Waals surface area contributed by atoms with E-state index in [2.05, 4.69) is 33.3 Å². The first kappa shape index (κ1) is 26.7. The SMILES string of the molecule is COc1ccc2c(c1)C(c1ccc(Cl)cc1)=NC(CC(=O)NCCNC(=O)c1ccccc1)C1NNC(C)N21. The molecule has 3 aromatic carbocycles. The number of ether oxygens (including phenoxy) is 1. The van der Waals surface area contributed by atoms with Crippen molar-refractivity contribution in [1.82, 2.24) is 21.5 Å². The van der Waals surface area contributed by atoms with E-state index in [1.54, 1.807) is 19.2 Å². The lowest BCUT2D eigenvalue weighted by molar-refractivity contribution is -0.121. The van der Waals surface area contributed by atoms with Crippen LogP contribution in [0, 0.1) is 0 Å². The molecular formula is C29H31ClN6O3. The maximum absolute atomic E-state index is 13.1. The number of hydrazine groups is 1. The summed E-state index contributed by atoms with van der Waals surface area (Å²) in [6, 6.07) is 22.0. The molecule has 2 aliphatic heterocycles. The Bertz CT molecular complexity index is 1370. The zero-order valence-electron chi connectivity index (χ0n) is 21.8. The summed E-state index contributed by atoms with van der Waals surface area (Å²) in [5.41, 5.74) is 10.7. The maximum atomic E-state index is 13.1. The monoisotopic (exact) mass is 546 g/mol. The Hall–Kier alpha value is -3.92. The van der Waals surface area contributed by atoms with Crippen molar-refractivity contribution in [2.24, 2.45) is 4.99 Å². The number of amides is 2. The van der Waals surface area contributed by atoms with Crippen LogP contribution < -0.4 is 31.1 Å². The number of benzene rings is 3. The minimum atomic E-state index is -0.412. The molecule has 2 aliphatic rings. The quantitative estimate of drug-likeness (QED) is 0.324. The van der Waals surface area contributed by atoms with Crippen LogP contribution in [0.3, 0.4) is 0 Å². The van der Waals surface area contributed by atoms with Gasteiger partial charge in [-0.05, 0) is 49.4 Å². The first-order valence-corrected chi connectivity index (χ1v) is 13.2. The number of rotatable bonds is 8. The predicted octanol–water partition coefficient (Wildman–Crippen LogP) is 3.09. The van der Waals surface area contributed by atoms with Gasteiger partial charge in [0.15, 0.2) is 0 Å². The van der Waals surface area contributed by atoms with E-state index in [1.165, 1.54) is 0 Å². The van der Waals surface area contributed by atoms with Crippen molar-refractivity contribution in [3.8, 4) is 5.75 Å². The number of aliphatic imine (C=N–C) groups is 1. The number of nitrogens with one attached hydrogen (secondary N) is 4. The lowest BCUT2D eigenvalue weighted by atomic mass is 9.99. The van der Waals surface area contributed by atoms with Gasteiger partial charge in [0, 0.05) is 40.5 Å². The van der Waals surface area contributed by atoms with E-state index >= 15 is 0 Å². The second kappa shape index (κ2) is 11.9. The number of fused-ring (bicyclic) bond motifs is 3. The van der Waals surface area contributed by atoms with Crippen LogP contribution in [0.5, 0.6) is 5.75 Å². The third-order valence-corrected chi connectivity index (χ3v) is 7.09. The molecule has 0 saturated carbocycles. The molecule has 9 nitrogen and oxygen atoms in total. The summed E-state index contributed by atoms with van der Waals surface area (Å²) in [6.45, 7) is 2.69. The molecule has 2 heterocycles. The second-order valence-electron chi connectivity index (χ2n) is 9.43. The van der Waals surface area contributed by atoms with Crippen LogP contribution in [0.4, 0.5) is 5.69 Å². The Labute approximate surface area is 232 Å². The zero-order valence-corrected chi connectivity index (χ0v) is 22.5. The average molecular weight is 547 g/mol. The van der Waals surface area contributed by atoms with Crippen LogP contribution in [0.2, 0.25) is 5.02 Å². The van der Waals surface area contributed by atoms with Crippen LogP contribution >= 0.6 is 11.6 Å². The molecule has 5 rings (SSSR count). The molecular weight excluding hydrogens is 516 g/mol. The van der Waals surface area contributed by atoms with Gasteiger partial charge in [-0.1, -0.05) is 41.9 Å². The van der Waals surface area contributed by atoms with Crippen molar-refractivity contribution in [2.45, 2.75) is 31.7 Å². The Morgan fingerprint density at radius 1 is 1.00 bits per heavy atom. The van der Waals surface area contributed by atoms with E-state index in [0.717, 1.165) is 22.5 Å². The standard InChI is InChI=1S/C29H31ClN6O3/c1-18-34-35-28-24(17-26(37)31-14-15-32-29(38)20-6-4-3-5-7-20)33-27(19-8-10-21(30)11-9-19)23-16-22(39-2)12-13-25(23)36(18)28/h3-13,16,18,24,28,34-35H,14-15,17H2,1-2H3,(H,31,37)(H,32,38). The minimum absolute atomic E-state index is 0.0410. The summed E-state index contributed by atoms with van der Waals surface area (Å²) in [6.07, 6.45) is -0.154. The van der Waals surface area contributed by atoms with E-state index in [0.29, 0.717) is 29.4 Å². The van der Waals surface area contributed by atoms with Crippen LogP contribution in [0.25, 0.3) is 0 Å². The summed E-state index contributed by atoms with van der Waals surface area (Å²) in [5, 5.41) is 6.39. The van der Waals surface area contributed by atoms with Gasteiger partial charge in [-0.3, -0.25) is 14.6 Å². The van der Waals surface area contributed by atoms with Crippen LogP contribution in [0.15, 0.2) is 77.8 Å². The number of nitrogens with zero attached hydrogens (tertiary/aromatic N) is 2. The van der Waals surface area contributed by atoms with E-state index in [-0.39, 0.29) is 30.6 Å². The van der Waals surface area contributed by atoms with Crippen LogP contribution in [0.1, 0.15) is 34.8 Å². The summed E-state index contributed by atoms with van der Waals surface area (Å²) in [7, 11) is 1.64. The molecule has 0 aliphatic carbocycles. The fraction of sp³-hybridized carbons (Fsp3) is 0.276. The van der Waals surface area contributed by atoms with Crippen molar-refractivity contribution in [2.75, 3.05) is 25.1 Å². The Balaban J connectivity index is 1.36. The Morgan fingerprint density at radius 3 is 2.49 bits per heavy atom. The number of carbonyl (C=O) groups excluding carboxylic acids is 2. The fourth-order valence-corrected chi connectivity index (χ4v) is 5.04. The van der Waals surface area contributed by atoms with Crippen molar-refractivity contribution >= 4 is 34.8 Å². The average Bonchev–Trinajstić information content (AvgIpc) is 3.28. The topological polar surface area (TPSA) is 107 Å². The largest absolute Gasteiger partial charge is 0.497 e. The molecule has 0 spiro atoms. The van der Waals surface area contributed by atoms with Gasteiger partial charge in [0.05, 0.1) is 31.4 Å². The van der Waals surface area contributed by atoms with Gasteiger partial charge in [-0.25, -0.2) is 10.9 Å². The van der Waals surface area contributed by atoms with Gasteiger partial charge in [0.25, 0.3) is 5.91 Å². The van der Waals surface area contributed by atoms with Crippen LogP contribution in [-0.4, -0.2) is 56.1 Å². The lowest BCUT2D eigenvalue weighted by Crippen LogP contribution is -2.48. The first-order valence-electron chi connectivity index (χ1n) is 12.9. The molecule has 10 heteroatoms. The second-order valence-corrected chi connectivity index (χ2v) is 9.86. The highest BCUT2D eigenvalue weighted by Gasteiger charge is 2.40. The van der Waals surface area contributed by atoms with E-state index in [4.69, 9.17) is 21.3 Å². The molecule has 202 valence electrons. The molecule has 0 aromatic heterocycles. The number of hydrogen-bond donors (Lipinski definition) is 4. The minimum Gasteiger partial charge on any atom is -0.497 e. The molecule has 1 saturated heterocycles. The Morgan fingerprint density at radius 2 is 1.74 bits per heavy atom. The molecule has 4 N–H and O–H groups in total. The number of hydrogen-bond acceptors (Lipinski definition) is 7. The van der Waals surface area contributed by atoms with E-state index in [9.17, 15) is 9.59 Å². The van der Waals surface area contributed by atoms with Gasteiger partial charge in [0.1, 0.15) is 11.9 Å². The third-order valence-electron chi connectivity index (χ3n) is 6.83. The van der Waals surface area contributed by atoms with Crippen molar-refractivity contribution < 1.29 is 14.3 Å². The lowest BCUT2D eigenvalue weighted by Gasteiger charge is -2.31. The highest BCUT2D eigenvalue weighted by atomic mass is 35.5. The zero-order chi connectivity index (χ0) is 27.4. The summed E-state index contributed by atoms with van der Waals surface area (Å²) >= 11 is 6.17. The van der Waals surface area contributed by atoms with Crippen molar-refractivity contribution in [3.63, 3.8) is 0 Å². The molecule has 3 aromatic rings. The number of carbonyl (C=O) groups is 2. The van der Waals surface area contributed by atoms with E-state index < -0.39 is 6.04 Å². The number of anilines is 1. The van der Waals surface area contributed by atoms with Gasteiger partial charge >= 0.3 is 0 Å². The van der Waals surface area contributed by atoms with Gasteiger partial charge in [-0.2, -0.15) is 0 Å². The molecule has 0 radical (unpaired) electrons. The summed E-state index contributed by atoms with van der Waals surface area (Å²) < 4.78 is 5.53. The summed E-state index contributed by atoms with van der Waals surface area (Å²) in [4.78, 5) is 32.7. The smallest absolute Gasteiger partial charge is 0.251 e. The Kier molecular flexibility index (Phi) is 8.11. The highest BCUT2D eigenvalue weighted by Crippen LogP contribution is 2.36. The molecule has 3 atom stereocenters. The van der Waals surface area contributed by atoms with Gasteiger partial charge in [-0.15, -0.1) is 0 Å². The number of halogens is 1. The predicted molar refractivity (Wildman–Crippen MR) is 152 cm³/mol. The molecule has 39 heavy (non-hydrogen) atoms. The van der Waals surface area contributed by atoms with Gasteiger partial charge < -0.3 is 20.3 Å². The first-order chi connectivity index (χ1) is 18.9. The highest BCUT2D eigenvalue weighted by molar-refractivity contribution is 6.30. The van der Waals surface area contributed by atoms with Gasteiger partial charge in [0.2, 0.25) is 5.91 Å². The molecule has 2 amide bonds. The van der Waals surface area contributed by atoms with Crippen molar-refractivity contribution in [3.05, 3.63) is 94.5 Å². The van der Waals surface area contributed by atoms with Crippen LogP contribution in [-0.2, 0) is 4.79 Å². The molecule has 0 bridgehead atoms. The number of methoxy groups -OCH3 is 1. The van der Waals surface area contributed by atoms with E-state index in [1.807, 2.05) is 60.7 Å². The third kappa shape index (κ3) is 5.90. The summed E-state index contributed by atoms with van der Waals surface area (Å²) in [5.74, 6) is 0.386. The normalized spacial score (nSPS) is 19.8. The molecule has 1 fully saturated rings. The fourth-order valence-electron chi connectivity index (χ4n) is 4.92. The molecule has 3 unspecified atom stereocenters. The van der Waals surface area contributed by atoms with Crippen molar-refractivity contribution in [1.29, 1.82) is 0 Å². The maximum Gasteiger partial charge on any atom is 0.251 e.